The summed E-state index contributed by atoms with van der Waals surface area (Å²) in [4.78, 5) is 30.3. The fraction of sp³-hybridized carbons (Fsp3) is 0.350. The molecule has 1 amide bonds. The highest BCUT2D eigenvalue weighted by molar-refractivity contribution is 6.04. The van der Waals surface area contributed by atoms with Crippen LogP contribution in [-0.2, 0) is 20.1 Å². The van der Waals surface area contributed by atoms with Crippen molar-refractivity contribution in [3.63, 3.8) is 0 Å². The number of carbonyl (C=O) groups is 1. The quantitative estimate of drug-likeness (QED) is 0.657. The maximum atomic E-state index is 12.9. The Bertz CT molecular complexity index is 1070. The van der Waals surface area contributed by atoms with E-state index >= 15 is 0 Å². The molecule has 0 aliphatic carbocycles. The van der Waals surface area contributed by atoms with Crippen LogP contribution in [-0.4, -0.2) is 56.8 Å². The molecule has 2 aliphatic rings. The Morgan fingerprint density at radius 1 is 1.10 bits per heavy atom. The molecule has 3 aromatic rings. The van der Waals surface area contributed by atoms with Crippen LogP contribution >= 0.6 is 0 Å². The highest BCUT2D eigenvalue weighted by atomic mass is 16.1. The van der Waals surface area contributed by atoms with Gasteiger partial charge in [-0.25, -0.2) is 9.97 Å². The van der Waals surface area contributed by atoms with Crippen LogP contribution in [0, 0.1) is 0 Å². The van der Waals surface area contributed by atoms with Gasteiger partial charge in [0.2, 0.25) is 5.95 Å². The Morgan fingerprint density at radius 3 is 2.80 bits per heavy atom. The van der Waals surface area contributed by atoms with Crippen LogP contribution < -0.4 is 20.4 Å². The molecule has 1 fully saturated rings. The predicted octanol–water partition coefficient (Wildman–Crippen LogP) is 0.787. The van der Waals surface area contributed by atoms with Crippen molar-refractivity contribution in [2.45, 2.75) is 13.1 Å². The minimum atomic E-state index is -0.276. The van der Waals surface area contributed by atoms with E-state index in [1.807, 2.05) is 28.9 Å². The van der Waals surface area contributed by atoms with Gasteiger partial charge < -0.3 is 20.4 Å². The summed E-state index contributed by atoms with van der Waals surface area (Å²) in [7, 11) is 1.93. The molecule has 10 nitrogen and oxygen atoms in total. The van der Waals surface area contributed by atoms with Crippen molar-refractivity contribution in [3.8, 4) is 0 Å². The zero-order valence-corrected chi connectivity index (χ0v) is 16.7. The molecule has 3 aromatic heterocycles. The lowest BCUT2D eigenvalue weighted by Gasteiger charge is -2.30. The number of pyridine rings is 1. The molecule has 2 aliphatic heterocycles. The van der Waals surface area contributed by atoms with E-state index in [2.05, 4.69) is 35.6 Å². The second-order valence-corrected chi connectivity index (χ2v) is 7.42. The van der Waals surface area contributed by atoms with Crippen LogP contribution in [0.5, 0.6) is 0 Å². The number of aryl methyl sites for hydroxylation is 1. The number of rotatable bonds is 4. The summed E-state index contributed by atoms with van der Waals surface area (Å²) in [6.07, 6.45) is 6.92. The highest BCUT2D eigenvalue weighted by Gasteiger charge is 2.25. The van der Waals surface area contributed by atoms with Gasteiger partial charge in [0.1, 0.15) is 5.69 Å². The number of nitrogens with zero attached hydrogens (tertiary/aromatic N) is 7. The summed E-state index contributed by atoms with van der Waals surface area (Å²) in [5.74, 6) is 0.258. The van der Waals surface area contributed by atoms with Crippen LogP contribution in [0.25, 0.3) is 0 Å². The van der Waals surface area contributed by atoms with Crippen LogP contribution in [0.4, 0.5) is 17.3 Å². The van der Waals surface area contributed by atoms with Crippen LogP contribution in [0.3, 0.4) is 0 Å². The molecule has 0 unspecified atom stereocenters. The average Bonchev–Trinajstić information content (AvgIpc) is 3.37. The van der Waals surface area contributed by atoms with E-state index in [9.17, 15) is 4.79 Å². The minimum absolute atomic E-state index is 0.276. The van der Waals surface area contributed by atoms with E-state index in [1.165, 1.54) is 0 Å². The van der Waals surface area contributed by atoms with E-state index in [0.717, 1.165) is 43.1 Å². The summed E-state index contributed by atoms with van der Waals surface area (Å²) in [5, 5.41) is 10.6. The fourth-order valence-corrected chi connectivity index (χ4v) is 3.91. The average molecular weight is 405 g/mol. The van der Waals surface area contributed by atoms with E-state index in [-0.39, 0.29) is 5.91 Å². The normalized spacial score (nSPS) is 15.9. The lowest BCUT2D eigenvalue weighted by atomic mass is 10.2. The van der Waals surface area contributed by atoms with Gasteiger partial charge in [-0.2, -0.15) is 5.10 Å². The van der Waals surface area contributed by atoms with Gasteiger partial charge in [-0.05, 0) is 12.1 Å². The van der Waals surface area contributed by atoms with Crippen molar-refractivity contribution in [2.24, 2.45) is 7.05 Å². The van der Waals surface area contributed by atoms with Crippen LogP contribution in [0.2, 0.25) is 0 Å². The molecule has 5 heterocycles. The maximum absolute atomic E-state index is 12.9. The van der Waals surface area contributed by atoms with Gasteiger partial charge in [0, 0.05) is 57.7 Å². The molecular weight excluding hydrogens is 382 g/mol. The van der Waals surface area contributed by atoms with Gasteiger partial charge in [-0.3, -0.25) is 14.5 Å². The van der Waals surface area contributed by atoms with Gasteiger partial charge in [0.25, 0.3) is 5.91 Å². The molecule has 5 rings (SSSR count). The van der Waals surface area contributed by atoms with Gasteiger partial charge >= 0.3 is 0 Å². The highest BCUT2D eigenvalue weighted by Crippen LogP contribution is 2.27. The van der Waals surface area contributed by atoms with Crippen molar-refractivity contribution < 1.29 is 4.79 Å². The smallest absolute Gasteiger partial charge is 0.274 e. The lowest BCUT2D eigenvalue weighted by molar-refractivity contribution is 0.102. The number of anilines is 3. The minimum Gasteiger partial charge on any atom is -0.367 e. The van der Waals surface area contributed by atoms with Crippen molar-refractivity contribution in [1.82, 2.24) is 30.0 Å². The van der Waals surface area contributed by atoms with E-state index in [0.29, 0.717) is 30.4 Å². The topological polar surface area (TPSA) is 104 Å². The molecular formula is C20H23N9O. The van der Waals surface area contributed by atoms with Gasteiger partial charge in [0.15, 0.2) is 0 Å². The number of piperazine rings is 1. The maximum Gasteiger partial charge on any atom is 0.274 e. The van der Waals surface area contributed by atoms with Crippen molar-refractivity contribution >= 4 is 23.2 Å². The van der Waals surface area contributed by atoms with E-state index in [1.54, 1.807) is 24.7 Å². The molecule has 0 radical (unpaired) electrons. The zero-order valence-electron chi connectivity index (χ0n) is 16.7. The number of carbonyl (C=O) groups excluding carboxylic acids is 1. The summed E-state index contributed by atoms with van der Waals surface area (Å²) < 4.78 is 1.87. The first kappa shape index (κ1) is 18.5. The third kappa shape index (κ3) is 3.45. The first-order chi connectivity index (χ1) is 14.7. The number of nitrogens with one attached hydrogen (secondary N) is 2. The zero-order chi connectivity index (χ0) is 20.5. The molecule has 1 saturated heterocycles. The lowest BCUT2D eigenvalue weighted by Crippen LogP contribution is -2.43. The van der Waals surface area contributed by atoms with Gasteiger partial charge in [-0.1, -0.05) is 0 Å². The summed E-state index contributed by atoms with van der Waals surface area (Å²) in [5.41, 5.74) is 4.28. The van der Waals surface area contributed by atoms with Crippen molar-refractivity contribution in [1.29, 1.82) is 0 Å². The Labute approximate surface area is 174 Å². The van der Waals surface area contributed by atoms with E-state index < -0.39 is 0 Å². The molecule has 0 atom stereocenters. The Morgan fingerprint density at radius 2 is 1.97 bits per heavy atom. The predicted molar refractivity (Wildman–Crippen MR) is 112 cm³/mol. The first-order valence-electron chi connectivity index (χ1n) is 9.98. The molecule has 0 bridgehead atoms. The number of aromatic nitrogens is 5. The van der Waals surface area contributed by atoms with Crippen LogP contribution in [0.15, 0.2) is 36.9 Å². The van der Waals surface area contributed by atoms with Gasteiger partial charge in [0.05, 0.1) is 36.0 Å². The largest absolute Gasteiger partial charge is 0.367 e. The molecule has 0 saturated carbocycles. The molecule has 10 heteroatoms. The third-order valence-corrected chi connectivity index (χ3v) is 5.51. The summed E-state index contributed by atoms with van der Waals surface area (Å²) in [6, 6.07) is 3.56. The number of fused-ring (bicyclic) bond motifs is 1. The fourth-order valence-electron chi connectivity index (χ4n) is 3.91. The molecule has 0 aromatic carbocycles. The number of hydrogen-bond donors (Lipinski definition) is 2. The second-order valence-electron chi connectivity index (χ2n) is 7.42. The first-order valence-corrected chi connectivity index (χ1v) is 9.98. The third-order valence-electron chi connectivity index (χ3n) is 5.51. The van der Waals surface area contributed by atoms with Crippen LogP contribution in [0.1, 0.15) is 21.7 Å². The summed E-state index contributed by atoms with van der Waals surface area (Å²) >= 11 is 0. The molecule has 30 heavy (non-hydrogen) atoms. The number of amides is 1. The van der Waals surface area contributed by atoms with Gasteiger partial charge in [-0.15, -0.1) is 0 Å². The Hall–Kier alpha value is -3.53. The Kier molecular flexibility index (Phi) is 4.75. The number of hydrogen-bond acceptors (Lipinski definition) is 8. The molecule has 154 valence electrons. The molecule has 2 N–H and O–H groups in total. The van der Waals surface area contributed by atoms with Crippen molar-refractivity contribution in [2.75, 3.05) is 41.3 Å². The monoisotopic (exact) mass is 405 g/mol. The van der Waals surface area contributed by atoms with E-state index in [4.69, 9.17) is 0 Å². The Balaban J connectivity index is 1.34. The second kappa shape index (κ2) is 7.71. The van der Waals surface area contributed by atoms with Crippen molar-refractivity contribution in [3.05, 3.63) is 53.9 Å². The molecule has 0 spiro atoms. The standard InChI is InChI=1S/C20H23N9O/c1-27-18-13-29(12-14(18)10-24-27)20-23-5-2-15(26-20)19(30)25-16-11-22-4-3-17(16)28-8-6-21-7-9-28/h2-5,10-11,21H,6-9,12-13H2,1H3,(H,25,30). The SMILES string of the molecule is Cn1ncc2c1CN(c1nccc(C(=O)Nc3cnccc3N3CCNCC3)n1)C2. The summed E-state index contributed by atoms with van der Waals surface area (Å²) in [6.45, 7) is 4.96.